The number of hydrogen-bond donors (Lipinski definition) is 0. The summed E-state index contributed by atoms with van der Waals surface area (Å²) >= 11 is 12.4. The molecular formula is C29H33Cl2N3O3S. The maximum Gasteiger partial charge on any atom is 0.243 e. The van der Waals surface area contributed by atoms with Crippen LogP contribution < -0.4 is 0 Å². The van der Waals surface area contributed by atoms with Gasteiger partial charge in [0.15, 0.2) is 0 Å². The van der Waals surface area contributed by atoms with Gasteiger partial charge in [-0.05, 0) is 73.4 Å². The van der Waals surface area contributed by atoms with E-state index in [2.05, 4.69) is 11.0 Å². The molecule has 38 heavy (non-hydrogen) atoms. The number of halogens is 2. The lowest BCUT2D eigenvalue weighted by Gasteiger charge is -2.38. The first-order valence-corrected chi connectivity index (χ1v) is 15.4. The van der Waals surface area contributed by atoms with E-state index in [1.54, 1.807) is 35.2 Å². The molecule has 2 aliphatic rings. The maximum atomic E-state index is 13.6. The zero-order valence-electron chi connectivity index (χ0n) is 21.5. The van der Waals surface area contributed by atoms with Crippen molar-refractivity contribution in [2.24, 2.45) is 0 Å². The van der Waals surface area contributed by atoms with Crippen LogP contribution in [0.4, 0.5) is 0 Å². The van der Waals surface area contributed by atoms with E-state index in [0.717, 1.165) is 54.7 Å². The highest BCUT2D eigenvalue weighted by Crippen LogP contribution is 2.31. The predicted octanol–water partition coefficient (Wildman–Crippen LogP) is 5.47. The third-order valence-electron chi connectivity index (χ3n) is 7.95. The highest BCUT2D eigenvalue weighted by atomic mass is 35.5. The SMILES string of the molecule is CN(C(=O)[C@@H]1CCCN1S(=O)(=O)c1ccc2c(Cl)cccc2c1)C1CCN(CCc2cccc(Cl)c2)CC1. The average molecular weight is 575 g/mol. The fourth-order valence-electron chi connectivity index (χ4n) is 5.72. The monoisotopic (exact) mass is 573 g/mol. The van der Waals surface area contributed by atoms with Crippen LogP contribution in [-0.2, 0) is 21.2 Å². The second-order valence-corrected chi connectivity index (χ2v) is 13.0. The molecule has 0 unspecified atom stereocenters. The fourth-order valence-corrected chi connectivity index (χ4v) is 7.86. The number of likely N-dealkylation sites (tertiary alicyclic amines) is 1. The van der Waals surface area contributed by atoms with Crippen molar-refractivity contribution in [3.63, 3.8) is 0 Å². The Morgan fingerprint density at radius 3 is 2.50 bits per heavy atom. The molecule has 9 heteroatoms. The second kappa shape index (κ2) is 11.5. The van der Waals surface area contributed by atoms with Crippen molar-refractivity contribution < 1.29 is 13.2 Å². The molecule has 0 radical (unpaired) electrons. The number of piperidine rings is 1. The largest absolute Gasteiger partial charge is 0.341 e. The van der Waals surface area contributed by atoms with Gasteiger partial charge in [0.2, 0.25) is 15.9 Å². The van der Waals surface area contributed by atoms with E-state index >= 15 is 0 Å². The average Bonchev–Trinajstić information content (AvgIpc) is 3.42. The lowest BCUT2D eigenvalue weighted by atomic mass is 10.0. The van der Waals surface area contributed by atoms with Crippen molar-refractivity contribution in [2.75, 3.05) is 33.2 Å². The first-order valence-electron chi connectivity index (χ1n) is 13.2. The van der Waals surface area contributed by atoms with Crippen LogP contribution in [0.2, 0.25) is 10.0 Å². The van der Waals surface area contributed by atoms with Gasteiger partial charge in [0, 0.05) is 54.7 Å². The zero-order chi connectivity index (χ0) is 26.9. The number of fused-ring (bicyclic) bond motifs is 1. The van der Waals surface area contributed by atoms with E-state index in [4.69, 9.17) is 23.2 Å². The number of hydrogen-bond acceptors (Lipinski definition) is 4. The lowest BCUT2D eigenvalue weighted by Crippen LogP contribution is -2.52. The maximum absolute atomic E-state index is 13.6. The Hall–Kier alpha value is -2.16. The molecule has 202 valence electrons. The van der Waals surface area contributed by atoms with Crippen molar-refractivity contribution >= 4 is 49.9 Å². The van der Waals surface area contributed by atoms with Gasteiger partial charge < -0.3 is 9.80 Å². The lowest BCUT2D eigenvalue weighted by molar-refractivity contribution is -0.136. The molecule has 1 atom stereocenters. The Labute approximate surface area is 235 Å². The summed E-state index contributed by atoms with van der Waals surface area (Å²) in [5.74, 6) is -0.104. The Balaban J connectivity index is 1.22. The van der Waals surface area contributed by atoms with Crippen molar-refractivity contribution in [3.05, 3.63) is 76.3 Å². The Bertz CT molecular complexity index is 1420. The molecule has 1 amide bonds. The van der Waals surface area contributed by atoms with Crippen LogP contribution in [0.5, 0.6) is 0 Å². The summed E-state index contributed by atoms with van der Waals surface area (Å²) in [6.45, 7) is 3.13. The van der Waals surface area contributed by atoms with E-state index in [1.807, 2.05) is 31.3 Å². The van der Waals surface area contributed by atoms with Crippen LogP contribution >= 0.6 is 23.2 Å². The van der Waals surface area contributed by atoms with Gasteiger partial charge in [-0.25, -0.2) is 8.42 Å². The molecule has 0 aliphatic carbocycles. The summed E-state index contributed by atoms with van der Waals surface area (Å²) in [4.78, 5) is 18.0. The number of carbonyl (C=O) groups is 1. The van der Waals surface area contributed by atoms with Crippen LogP contribution in [0.15, 0.2) is 65.6 Å². The molecule has 0 aromatic heterocycles. The number of benzene rings is 3. The summed E-state index contributed by atoms with van der Waals surface area (Å²) in [6, 6.07) is 17.8. The fraction of sp³-hybridized carbons (Fsp3) is 0.414. The molecule has 3 aromatic rings. The van der Waals surface area contributed by atoms with Gasteiger partial charge in [-0.1, -0.05) is 53.5 Å². The number of sulfonamides is 1. The highest BCUT2D eigenvalue weighted by Gasteiger charge is 2.42. The molecule has 0 N–H and O–H groups in total. The summed E-state index contributed by atoms with van der Waals surface area (Å²) in [5.41, 5.74) is 1.23. The third kappa shape index (κ3) is 5.73. The van der Waals surface area contributed by atoms with Gasteiger partial charge in [-0.2, -0.15) is 4.31 Å². The molecule has 3 aromatic carbocycles. The van der Waals surface area contributed by atoms with Gasteiger partial charge in [0.25, 0.3) is 0 Å². The van der Waals surface area contributed by atoms with E-state index in [9.17, 15) is 13.2 Å². The molecule has 0 saturated carbocycles. The van der Waals surface area contributed by atoms with E-state index in [-0.39, 0.29) is 16.8 Å². The van der Waals surface area contributed by atoms with E-state index < -0.39 is 16.1 Å². The first-order chi connectivity index (χ1) is 18.2. The molecule has 2 saturated heterocycles. The minimum atomic E-state index is -3.82. The highest BCUT2D eigenvalue weighted by molar-refractivity contribution is 7.89. The topological polar surface area (TPSA) is 60.9 Å². The molecule has 2 heterocycles. The van der Waals surface area contributed by atoms with E-state index in [1.165, 1.54) is 9.87 Å². The normalized spacial score (nSPS) is 19.7. The Morgan fingerprint density at radius 1 is 0.974 bits per heavy atom. The zero-order valence-corrected chi connectivity index (χ0v) is 23.9. The van der Waals surface area contributed by atoms with E-state index in [0.29, 0.717) is 24.4 Å². The quantitative estimate of drug-likeness (QED) is 0.376. The Morgan fingerprint density at radius 2 is 1.74 bits per heavy atom. The number of nitrogens with zero attached hydrogens (tertiary/aromatic N) is 3. The molecular weight excluding hydrogens is 541 g/mol. The minimum Gasteiger partial charge on any atom is -0.341 e. The summed E-state index contributed by atoms with van der Waals surface area (Å²) in [5, 5.41) is 2.91. The molecule has 0 spiro atoms. The first kappa shape index (κ1) is 27.4. The summed E-state index contributed by atoms with van der Waals surface area (Å²) < 4.78 is 28.7. The van der Waals surface area contributed by atoms with Crippen molar-refractivity contribution in [1.82, 2.24) is 14.1 Å². The molecule has 5 rings (SSSR count). The van der Waals surface area contributed by atoms with Crippen molar-refractivity contribution in [3.8, 4) is 0 Å². The van der Waals surface area contributed by atoms with Crippen LogP contribution in [0.25, 0.3) is 10.8 Å². The number of amides is 1. The van der Waals surface area contributed by atoms with Crippen LogP contribution in [-0.4, -0.2) is 73.7 Å². The predicted molar refractivity (Wildman–Crippen MR) is 153 cm³/mol. The smallest absolute Gasteiger partial charge is 0.243 e. The summed E-state index contributed by atoms with van der Waals surface area (Å²) in [7, 11) is -1.99. The summed E-state index contributed by atoms with van der Waals surface area (Å²) in [6.07, 6.45) is 3.91. The van der Waals surface area contributed by atoms with Crippen LogP contribution in [0.3, 0.4) is 0 Å². The molecule has 0 bridgehead atoms. The number of likely N-dealkylation sites (N-methyl/N-ethyl adjacent to an activating group) is 1. The van der Waals surface area contributed by atoms with Gasteiger partial charge in [0.05, 0.1) is 4.90 Å². The van der Waals surface area contributed by atoms with Gasteiger partial charge in [-0.15, -0.1) is 0 Å². The molecule has 2 aliphatic heterocycles. The third-order valence-corrected chi connectivity index (χ3v) is 10.4. The van der Waals surface area contributed by atoms with Gasteiger partial charge in [0.1, 0.15) is 6.04 Å². The number of rotatable bonds is 7. The van der Waals surface area contributed by atoms with Crippen LogP contribution in [0, 0.1) is 0 Å². The van der Waals surface area contributed by atoms with Crippen LogP contribution in [0.1, 0.15) is 31.2 Å². The van der Waals surface area contributed by atoms with Gasteiger partial charge in [-0.3, -0.25) is 4.79 Å². The minimum absolute atomic E-state index is 0.104. The van der Waals surface area contributed by atoms with Crippen molar-refractivity contribution in [2.45, 2.75) is 49.1 Å². The van der Waals surface area contributed by atoms with Gasteiger partial charge >= 0.3 is 0 Å². The number of carbonyl (C=O) groups excluding carboxylic acids is 1. The standard InChI is InChI=1S/C29H33Cl2N3O3S/c1-32(24-13-17-33(18-14-24)16-12-21-5-2-7-23(30)19-21)29(35)28-9-4-15-34(28)38(36,37)25-10-11-26-22(20-25)6-3-8-27(26)31/h2-3,5-8,10-11,19-20,24,28H,4,9,12-18H2,1H3/t28-/m0/s1. The molecule has 2 fully saturated rings. The molecule has 6 nitrogen and oxygen atoms in total. The second-order valence-electron chi connectivity index (χ2n) is 10.3. The Kier molecular flexibility index (Phi) is 8.31. The van der Waals surface area contributed by atoms with Crippen molar-refractivity contribution in [1.29, 1.82) is 0 Å².